The van der Waals surface area contributed by atoms with Crippen molar-refractivity contribution in [3.63, 3.8) is 0 Å². The molecule has 0 bridgehead atoms. The van der Waals surface area contributed by atoms with Gasteiger partial charge in [0.15, 0.2) is 0 Å². The number of carbonyl (C=O) groups is 1. The molecule has 128 valence electrons. The van der Waals surface area contributed by atoms with Crippen molar-refractivity contribution in [1.82, 2.24) is 0 Å². The SMILES string of the molecule is CC(Sc1c(Cl)cccc1Cl)C(=O)Nc1ccc(S(N)(=O)=O)cc1. The number of sulfonamides is 1. The molecule has 0 saturated heterocycles. The predicted molar refractivity (Wildman–Crippen MR) is 98.2 cm³/mol. The lowest BCUT2D eigenvalue weighted by Crippen LogP contribution is -2.22. The second-order valence-corrected chi connectivity index (χ2v) is 8.60. The zero-order chi connectivity index (χ0) is 17.9. The largest absolute Gasteiger partial charge is 0.325 e. The normalized spacial score (nSPS) is 12.7. The van der Waals surface area contributed by atoms with Gasteiger partial charge in [0.05, 0.1) is 20.2 Å². The molecule has 0 heterocycles. The molecule has 2 aromatic carbocycles. The molecule has 0 aromatic heterocycles. The maximum atomic E-state index is 12.3. The van der Waals surface area contributed by atoms with Crippen LogP contribution in [0, 0.1) is 0 Å². The molecule has 2 rings (SSSR count). The van der Waals surface area contributed by atoms with Crippen molar-refractivity contribution in [3.8, 4) is 0 Å². The number of rotatable bonds is 5. The number of anilines is 1. The summed E-state index contributed by atoms with van der Waals surface area (Å²) in [5.41, 5.74) is 0.463. The zero-order valence-corrected chi connectivity index (χ0v) is 15.6. The lowest BCUT2D eigenvalue weighted by Gasteiger charge is -2.14. The van der Waals surface area contributed by atoms with Crippen molar-refractivity contribution < 1.29 is 13.2 Å². The minimum atomic E-state index is -3.76. The van der Waals surface area contributed by atoms with Crippen LogP contribution in [0.25, 0.3) is 0 Å². The van der Waals surface area contributed by atoms with Gasteiger partial charge in [-0.15, -0.1) is 11.8 Å². The van der Waals surface area contributed by atoms with Gasteiger partial charge >= 0.3 is 0 Å². The third kappa shape index (κ3) is 4.87. The van der Waals surface area contributed by atoms with Crippen LogP contribution < -0.4 is 10.5 Å². The van der Waals surface area contributed by atoms with Crippen LogP contribution in [0.2, 0.25) is 10.0 Å². The Balaban J connectivity index is 2.06. The smallest absolute Gasteiger partial charge is 0.238 e. The number of benzene rings is 2. The number of amides is 1. The highest BCUT2D eigenvalue weighted by Crippen LogP contribution is 2.36. The Morgan fingerprint density at radius 2 is 1.67 bits per heavy atom. The van der Waals surface area contributed by atoms with Gasteiger partial charge in [-0.1, -0.05) is 29.3 Å². The Morgan fingerprint density at radius 1 is 1.12 bits per heavy atom. The van der Waals surface area contributed by atoms with Crippen LogP contribution in [0.5, 0.6) is 0 Å². The minimum absolute atomic E-state index is 0.0224. The fourth-order valence-corrected chi connectivity index (χ4v) is 3.86. The van der Waals surface area contributed by atoms with Crippen molar-refractivity contribution in [2.24, 2.45) is 5.14 Å². The molecular formula is C15H14Cl2N2O3S2. The fraction of sp³-hybridized carbons (Fsp3) is 0.133. The first-order valence-electron chi connectivity index (χ1n) is 6.73. The summed E-state index contributed by atoms with van der Waals surface area (Å²) in [6.07, 6.45) is 0. The third-order valence-electron chi connectivity index (χ3n) is 3.03. The molecule has 5 nitrogen and oxygen atoms in total. The van der Waals surface area contributed by atoms with Gasteiger partial charge in [0.2, 0.25) is 15.9 Å². The van der Waals surface area contributed by atoms with Crippen LogP contribution in [0.3, 0.4) is 0 Å². The fourth-order valence-electron chi connectivity index (χ4n) is 1.80. The number of thioether (sulfide) groups is 1. The van der Waals surface area contributed by atoms with Crippen LogP contribution in [0.4, 0.5) is 5.69 Å². The summed E-state index contributed by atoms with van der Waals surface area (Å²) in [5.74, 6) is -0.264. The Hall–Kier alpha value is -1.25. The first-order valence-corrected chi connectivity index (χ1v) is 9.91. The summed E-state index contributed by atoms with van der Waals surface area (Å²) < 4.78 is 22.4. The van der Waals surface area contributed by atoms with Gasteiger partial charge in [0.25, 0.3) is 0 Å². The Kier molecular flexibility index (Phi) is 6.17. The number of hydrogen-bond acceptors (Lipinski definition) is 4. The number of hydrogen-bond donors (Lipinski definition) is 2. The van der Waals surface area contributed by atoms with Crippen LogP contribution in [0.15, 0.2) is 52.3 Å². The third-order valence-corrected chi connectivity index (χ3v) is 6.06. The van der Waals surface area contributed by atoms with Gasteiger partial charge < -0.3 is 5.32 Å². The molecule has 0 aliphatic heterocycles. The molecule has 0 radical (unpaired) electrons. The molecule has 1 amide bonds. The predicted octanol–water partition coefficient (Wildman–Crippen LogP) is 3.76. The lowest BCUT2D eigenvalue weighted by molar-refractivity contribution is -0.115. The molecule has 0 fully saturated rings. The van der Waals surface area contributed by atoms with Crippen LogP contribution in [-0.2, 0) is 14.8 Å². The maximum Gasteiger partial charge on any atom is 0.238 e. The second kappa shape index (κ2) is 7.76. The van der Waals surface area contributed by atoms with Crippen LogP contribution >= 0.6 is 35.0 Å². The molecule has 3 N–H and O–H groups in total. The topological polar surface area (TPSA) is 89.3 Å². The Labute approximate surface area is 154 Å². The molecule has 0 spiro atoms. The second-order valence-electron chi connectivity index (χ2n) is 4.87. The summed E-state index contributed by atoms with van der Waals surface area (Å²) >= 11 is 13.4. The Bertz CT molecular complexity index is 835. The molecule has 24 heavy (non-hydrogen) atoms. The molecule has 1 unspecified atom stereocenters. The van der Waals surface area contributed by atoms with Crippen molar-refractivity contribution in [2.45, 2.75) is 22.0 Å². The quantitative estimate of drug-likeness (QED) is 0.742. The molecule has 1 atom stereocenters. The van der Waals surface area contributed by atoms with E-state index in [2.05, 4.69) is 5.32 Å². The maximum absolute atomic E-state index is 12.3. The molecule has 0 saturated carbocycles. The minimum Gasteiger partial charge on any atom is -0.325 e. The van der Waals surface area contributed by atoms with E-state index in [-0.39, 0.29) is 10.8 Å². The summed E-state index contributed by atoms with van der Waals surface area (Å²) in [7, 11) is -3.76. The van der Waals surface area contributed by atoms with Gasteiger partial charge in [0.1, 0.15) is 0 Å². The van der Waals surface area contributed by atoms with E-state index in [0.717, 1.165) is 0 Å². The van der Waals surface area contributed by atoms with Crippen molar-refractivity contribution in [2.75, 3.05) is 5.32 Å². The van der Waals surface area contributed by atoms with Crippen LogP contribution in [0.1, 0.15) is 6.92 Å². The first-order chi connectivity index (χ1) is 11.2. The highest BCUT2D eigenvalue weighted by atomic mass is 35.5. The summed E-state index contributed by atoms with van der Waals surface area (Å²) in [6, 6.07) is 10.7. The van der Waals surface area contributed by atoms with E-state index >= 15 is 0 Å². The highest BCUT2D eigenvalue weighted by molar-refractivity contribution is 8.00. The van der Waals surface area contributed by atoms with E-state index < -0.39 is 15.3 Å². The van der Waals surface area contributed by atoms with E-state index in [9.17, 15) is 13.2 Å². The summed E-state index contributed by atoms with van der Waals surface area (Å²) in [4.78, 5) is 12.9. The molecule has 9 heteroatoms. The van der Waals surface area contributed by atoms with Crippen molar-refractivity contribution in [3.05, 3.63) is 52.5 Å². The van der Waals surface area contributed by atoms with E-state index in [1.807, 2.05) is 0 Å². The van der Waals surface area contributed by atoms with Gasteiger partial charge in [-0.25, -0.2) is 13.6 Å². The number of primary sulfonamides is 1. The number of nitrogens with one attached hydrogen (secondary N) is 1. The van der Waals surface area contributed by atoms with Crippen molar-refractivity contribution in [1.29, 1.82) is 0 Å². The molecular weight excluding hydrogens is 391 g/mol. The average molecular weight is 405 g/mol. The number of halogens is 2. The van der Waals surface area contributed by atoms with Gasteiger partial charge in [-0.3, -0.25) is 4.79 Å². The van der Waals surface area contributed by atoms with Gasteiger partial charge in [-0.2, -0.15) is 0 Å². The lowest BCUT2D eigenvalue weighted by atomic mass is 10.3. The zero-order valence-electron chi connectivity index (χ0n) is 12.5. The molecule has 0 aliphatic rings. The summed E-state index contributed by atoms with van der Waals surface area (Å²) in [5, 5.41) is 8.22. The van der Waals surface area contributed by atoms with Gasteiger partial charge in [-0.05, 0) is 43.3 Å². The number of nitrogens with two attached hydrogens (primary N) is 1. The molecule has 2 aromatic rings. The summed E-state index contributed by atoms with van der Waals surface area (Å²) in [6.45, 7) is 1.72. The highest BCUT2D eigenvalue weighted by Gasteiger charge is 2.18. The van der Waals surface area contributed by atoms with Crippen molar-refractivity contribution >= 4 is 56.6 Å². The Morgan fingerprint density at radius 3 is 2.17 bits per heavy atom. The van der Waals surface area contributed by atoms with E-state index in [1.165, 1.54) is 36.0 Å². The number of carbonyl (C=O) groups excluding carboxylic acids is 1. The average Bonchev–Trinajstić information content (AvgIpc) is 2.50. The van der Waals surface area contributed by atoms with Gasteiger partial charge in [0, 0.05) is 10.6 Å². The van der Waals surface area contributed by atoms with E-state index in [1.54, 1.807) is 25.1 Å². The standard InChI is InChI=1S/C15H14Cl2N2O3S2/c1-9(23-14-12(16)3-2-4-13(14)17)15(20)19-10-5-7-11(8-6-10)24(18,21)22/h2-9H,1H3,(H,19,20)(H2,18,21,22). The monoisotopic (exact) mass is 404 g/mol. The van der Waals surface area contributed by atoms with E-state index in [0.29, 0.717) is 20.6 Å². The van der Waals surface area contributed by atoms with Crippen LogP contribution in [-0.4, -0.2) is 19.6 Å². The van der Waals surface area contributed by atoms with E-state index in [4.69, 9.17) is 28.3 Å². The first kappa shape index (κ1) is 19.1. The molecule has 0 aliphatic carbocycles.